The first-order valence-electron chi connectivity index (χ1n) is 7.34. The van der Waals surface area contributed by atoms with Crippen molar-refractivity contribution < 1.29 is 9.53 Å². The van der Waals surface area contributed by atoms with Crippen LogP contribution in [-0.2, 0) is 22.5 Å². The Kier molecular flexibility index (Phi) is 3.83. The number of carbonyl (C=O) groups is 1. The van der Waals surface area contributed by atoms with Gasteiger partial charge in [0.05, 0.1) is 24.1 Å². The first kappa shape index (κ1) is 13.3. The molecule has 0 radical (unpaired) electrons. The van der Waals surface area contributed by atoms with Gasteiger partial charge in [0, 0.05) is 19.1 Å². The average molecular weight is 272 g/mol. The highest BCUT2D eigenvalue weighted by Gasteiger charge is 2.23. The van der Waals surface area contributed by atoms with E-state index in [0.29, 0.717) is 13.0 Å². The smallest absolute Gasteiger partial charge is 0.145 e. The van der Waals surface area contributed by atoms with E-state index in [1.807, 2.05) is 18.2 Å². The summed E-state index contributed by atoms with van der Waals surface area (Å²) in [6, 6.07) is 8.05. The van der Waals surface area contributed by atoms with Gasteiger partial charge in [-0.3, -0.25) is 4.79 Å². The number of fused-ring (bicyclic) bond motifs is 1. The topological polar surface area (TPSA) is 44.1 Å². The molecule has 0 bridgehead atoms. The number of carbonyl (C=O) groups excluding carboxylic acids is 1. The molecule has 2 heterocycles. The number of rotatable bonds is 4. The zero-order valence-corrected chi connectivity index (χ0v) is 11.8. The standard InChI is InChI=1S/C16H20N2O2/c1-2-18-14-8-4-3-7-13(14)17-16(18)10-15(19)12-6-5-9-20-11-12/h3-4,7-8,12H,2,5-6,9-11H2,1H3. The van der Waals surface area contributed by atoms with E-state index >= 15 is 0 Å². The second-order valence-electron chi connectivity index (χ2n) is 5.32. The molecule has 1 aromatic carbocycles. The SMILES string of the molecule is CCn1c(CC(=O)C2CCCOC2)nc2ccccc21. The van der Waals surface area contributed by atoms with Crippen molar-refractivity contribution >= 4 is 16.8 Å². The third-order valence-electron chi connectivity index (χ3n) is 4.00. The highest BCUT2D eigenvalue weighted by atomic mass is 16.5. The fraction of sp³-hybridized carbons (Fsp3) is 0.500. The lowest BCUT2D eigenvalue weighted by Crippen LogP contribution is -2.27. The Bertz CT molecular complexity index is 612. The molecule has 106 valence electrons. The minimum Gasteiger partial charge on any atom is -0.381 e. The lowest BCUT2D eigenvalue weighted by molar-refractivity contribution is -0.126. The third kappa shape index (κ3) is 2.48. The van der Waals surface area contributed by atoms with Crippen molar-refractivity contribution in [3.63, 3.8) is 0 Å². The molecule has 1 fully saturated rings. The molecule has 0 aliphatic carbocycles. The van der Waals surface area contributed by atoms with Crippen LogP contribution in [0.5, 0.6) is 0 Å². The highest BCUT2D eigenvalue weighted by Crippen LogP contribution is 2.20. The van der Waals surface area contributed by atoms with Crippen LogP contribution in [0.1, 0.15) is 25.6 Å². The summed E-state index contributed by atoms with van der Waals surface area (Å²) in [5, 5.41) is 0. The molecule has 1 atom stereocenters. The molecule has 1 saturated heterocycles. The predicted octanol–water partition coefficient (Wildman–Crippen LogP) is 2.59. The summed E-state index contributed by atoms with van der Waals surface area (Å²) < 4.78 is 7.54. The molecule has 0 spiro atoms. The number of imidazole rings is 1. The number of hydrogen-bond acceptors (Lipinski definition) is 3. The minimum absolute atomic E-state index is 0.0499. The van der Waals surface area contributed by atoms with Crippen LogP contribution in [0.15, 0.2) is 24.3 Å². The van der Waals surface area contributed by atoms with Crippen molar-refractivity contribution in [2.24, 2.45) is 5.92 Å². The predicted molar refractivity (Wildman–Crippen MR) is 77.7 cm³/mol. The summed E-state index contributed by atoms with van der Waals surface area (Å²) >= 11 is 0. The van der Waals surface area contributed by atoms with Crippen molar-refractivity contribution in [3.05, 3.63) is 30.1 Å². The van der Waals surface area contributed by atoms with Gasteiger partial charge in [-0.1, -0.05) is 12.1 Å². The maximum Gasteiger partial charge on any atom is 0.145 e. The number of benzene rings is 1. The molecule has 1 aromatic heterocycles. The Hall–Kier alpha value is -1.68. The second-order valence-corrected chi connectivity index (χ2v) is 5.32. The molecule has 3 rings (SSSR count). The fourth-order valence-corrected chi connectivity index (χ4v) is 2.91. The molecule has 4 nitrogen and oxygen atoms in total. The number of nitrogens with zero attached hydrogens (tertiary/aromatic N) is 2. The van der Waals surface area contributed by atoms with Crippen LogP contribution in [0, 0.1) is 5.92 Å². The van der Waals surface area contributed by atoms with E-state index in [0.717, 1.165) is 42.9 Å². The van der Waals surface area contributed by atoms with Gasteiger partial charge in [-0.25, -0.2) is 4.98 Å². The van der Waals surface area contributed by atoms with Crippen molar-refractivity contribution in [3.8, 4) is 0 Å². The number of aromatic nitrogens is 2. The normalized spacial score (nSPS) is 19.4. The second kappa shape index (κ2) is 5.75. The molecule has 0 N–H and O–H groups in total. The molecular weight excluding hydrogens is 252 g/mol. The maximum atomic E-state index is 12.4. The number of ketones is 1. The van der Waals surface area contributed by atoms with Gasteiger partial charge < -0.3 is 9.30 Å². The van der Waals surface area contributed by atoms with Gasteiger partial charge >= 0.3 is 0 Å². The Labute approximate surface area is 118 Å². The van der Waals surface area contributed by atoms with E-state index in [4.69, 9.17) is 4.74 Å². The van der Waals surface area contributed by atoms with Crippen LogP contribution >= 0.6 is 0 Å². The van der Waals surface area contributed by atoms with Gasteiger partial charge in [-0.2, -0.15) is 0 Å². The van der Waals surface area contributed by atoms with E-state index in [9.17, 15) is 4.79 Å². The van der Waals surface area contributed by atoms with E-state index in [2.05, 4.69) is 22.5 Å². The summed E-state index contributed by atoms with van der Waals surface area (Å²) in [5.74, 6) is 1.19. The molecule has 4 heteroatoms. The van der Waals surface area contributed by atoms with E-state index in [1.54, 1.807) is 0 Å². The van der Waals surface area contributed by atoms with Gasteiger partial charge in [0.1, 0.15) is 11.6 Å². The third-order valence-corrected chi connectivity index (χ3v) is 4.00. The molecule has 2 aromatic rings. The van der Waals surface area contributed by atoms with Crippen molar-refractivity contribution in [1.29, 1.82) is 0 Å². The lowest BCUT2D eigenvalue weighted by Gasteiger charge is -2.20. The van der Waals surface area contributed by atoms with Gasteiger partial charge in [0.2, 0.25) is 0 Å². The number of ether oxygens (including phenoxy) is 1. The highest BCUT2D eigenvalue weighted by molar-refractivity contribution is 5.84. The van der Waals surface area contributed by atoms with Crippen LogP contribution in [0.3, 0.4) is 0 Å². The van der Waals surface area contributed by atoms with Gasteiger partial charge in [-0.05, 0) is 31.9 Å². The lowest BCUT2D eigenvalue weighted by atomic mass is 9.95. The average Bonchev–Trinajstić information content (AvgIpc) is 2.85. The first-order valence-corrected chi connectivity index (χ1v) is 7.34. The van der Waals surface area contributed by atoms with Crippen LogP contribution in [0.4, 0.5) is 0 Å². The van der Waals surface area contributed by atoms with Gasteiger partial charge in [0.25, 0.3) is 0 Å². The Morgan fingerprint density at radius 1 is 1.45 bits per heavy atom. The van der Waals surface area contributed by atoms with E-state index in [1.165, 1.54) is 0 Å². The number of para-hydroxylation sites is 2. The molecule has 1 unspecified atom stereocenters. The van der Waals surface area contributed by atoms with Gasteiger partial charge in [-0.15, -0.1) is 0 Å². The van der Waals surface area contributed by atoms with Crippen LogP contribution < -0.4 is 0 Å². The molecule has 0 saturated carbocycles. The monoisotopic (exact) mass is 272 g/mol. The Morgan fingerprint density at radius 2 is 2.30 bits per heavy atom. The molecule has 20 heavy (non-hydrogen) atoms. The van der Waals surface area contributed by atoms with E-state index in [-0.39, 0.29) is 11.7 Å². The molecule has 1 aliphatic heterocycles. The quantitative estimate of drug-likeness (QED) is 0.859. The molecule has 0 amide bonds. The Morgan fingerprint density at radius 3 is 3.05 bits per heavy atom. The Balaban J connectivity index is 1.84. The number of Topliss-reactive ketones (excluding diaryl/α,β-unsaturated/α-hetero) is 1. The molecule has 1 aliphatic rings. The fourth-order valence-electron chi connectivity index (χ4n) is 2.91. The van der Waals surface area contributed by atoms with Gasteiger partial charge in [0.15, 0.2) is 0 Å². The zero-order chi connectivity index (χ0) is 13.9. The summed E-state index contributed by atoms with van der Waals surface area (Å²) in [4.78, 5) is 17.0. The van der Waals surface area contributed by atoms with Crippen molar-refractivity contribution in [2.75, 3.05) is 13.2 Å². The summed E-state index contributed by atoms with van der Waals surface area (Å²) in [7, 11) is 0. The summed E-state index contributed by atoms with van der Waals surface area (Å²) in [6.45, 7) is 4.29. The number of hydrogen-bond donors (Lipinski definition) is 0. The van der Waals surface area contributed by atoms with Crippen molar-refractivity contribution in [2.45, 2.75) is 32.7 Å². The maximum absolute atomic E-state index is 12.4. The minimum atomic E-state index is 0.0499. The van der Waals surface area contributed by atoms with Crippen LogP contribution in [-0.4, -0.2) is 28.5 Å². The summed E-state index contributed by atoms with van der Waals surface area (Å²) in [5.41, 5.74) is 2.08. The summed E-state index contributed by atoms with van der Waals surface area (Å²) in [6.07, 6.45) is 2.35. The zero-order valence-electron chi connectivity index (χ0n) is 11.8. The molecular formula is C16H20N2O2. The number of aryl methyl sites for hydroxylation is 1. The van der Waals surface area contributed by atoms with Crippen LogP contribution in [0.2, 0.25) is 0 Å². The first-order chi connectivity index (χ1) is 9.79. The largest absolute Gasteiger partial charge is 0.381 e. The van der Waals surface area contributed by atoms with Crippen molar-refractivity contribution in [1.82, 2.24) is 9.55 Å². The van der Waals surface area contributed by atoms with Crippen LogP contribution in [0.25, 0.3) is 11.0 Å². The van der Waals surface area contributed by atoms with E-state index < -0.39 is 0 Å².